The van der Waals surface area contributed by atoms with E-state index in [0.717, 1.165) is 44.1 Å². The van der Waals surface area contributed by atoms with Crippen molar-refractivity contribution in [1.29, 1.82) is 0 Å². The second kappa shape index (κ2) is 9.38. The Morgan fingerprint density at radius 3 is 2.54 bits per heavy atom. The van der Waals surface area contributed by atoms with Crippen LogP contribution in [-0.2, 0) is 9.59 Å². The quantitative estimate of drug-likeness (QED) is 0.354. The molecule has 4 aliphatic carbocycles. The molecule has 3 heteroatoms. The molecule has 0 radical (unpaired) electrons. The van der Waals surface area contributed by atoms with Gasteiger partial charge in [0.1, 0.15) is 5.78 Å². The molecule has 0 bridgehead atoms. The summed E-state index contributed by atoms with van der Waals surface area (Å²) < 4.78 is 0. The number of Topliss-reactive ketones (excluding diaryl/α,β-unsaturated/α-hetero) is 2. The molecule has 3 nitrogen and oxygen atoms in total. The van der Waals surface area contributed by atoms with Crippen LogP contribution >= 0.6 is 0 Å². The number of hydrogen-bond donors (Lipinski definition) is 0. The normalized spacial score (nSPS) is 31.5. The van der Waals surface area contributed by atoms with Gasteiger partial charge in [-0.25, -0.2) is 0 Å². The zero-order valence-corrected chi connectivity index (χ0v) is 21.3. The molecule has 0 spiro atoms. The molecule has 0 amide bonds. The van der Waals surface area contributed by atoms with E-state index in [1.54, 1.807) is 6.92 Å². The number of carbonyl (C=O) groups is 3. The van der Waals surface area contributed by atoms with Crippen molar-refractivity contribution in [1.82, 2.24) is 0 Å². The molecule has 0 aliphatic heterocycles. The first-order chi connectivity index (χ1) is 16.8. The van der Waals surface area contributed by atoms with Gasteiger partial charge in [0, 0.05) is 36.7 Å². The van der Waals surface area contributed by atoms with Crippen LogP contribution in [0, 0.1) is 35.0 Å². The van der Waals surface area contributed by atoms with E-state index in [0.29, 0.717) is 36.9 Å². The average molecular weight is 469 g/mol. The molecule has 0 heterocycles. The number of rotatable bonds is 5. The third-order valence-corrected chi connectivity index (χ3v) is 9.51. The van der Waals surface area contributed by atoms with Crippen LogP contribution in [0.2, 0.25) is 0 Å². The van der Waals surface area contributed by atoms with Gasteiger partial charge in [0.2, 0.25) is 0 Å². The van der Waals surface area contributed by atoms with Crippen molar-refractivity contribution in [2.24, 2.45) is 23.2 Å². The fourth-order valence-electron chi connectivity index (χ4n) is 7.92. The van der Waals surface area contributed by atoms with Crippen molar-refractivity contribution < 1.29 is 14.4 Å². The first kappa shape index (κ1) is 24.0. The summed E-state index contributed by atoms with van der Waals surface area (Å²) in [5, 5.41) is 0. The lowest BCUT2D eigenvalue weighted by Gasteiger charge is -2.52. The van der Waals surface area contributed by atoms with E-state index in [1.807, 2.05) is 25.1 Å². The van der Waals surface area contributed by atoms with Gasteiger partial charge < -0.3 is 0 Å². The van der Waals surface area contributed by atoms with E-state index in [9.17, 15) is 14.4 Å². The van der Waals surface area contributed by atoms with Gasteiger partial charge in [-0.2, -0.15) is 0 Å². The lowest BCUT2D eigenvalue weighted by atomic mass is 9.51. The van der Waals surface area contributed by atoms with Crippen LogP contribution in [0.5, 0.6) is 0 Å². The number of benzene rings is 1. The Hall–Kier alpha value is -2.73. The number of ketones is 3. The van der Waals surface area contributed by atoms with Gasteiger partial charge in [-0.1, -0.05) is 36.8 Å². The largest absolute Gasteiger partial charge is 0.299 e. The Balaban J connectivity index is 1.58. The molecule has 4 aliphatic rings. The Kier molecular flexibility index (Phi) is 6.43. The standard InChI is InChI=1S/C32H36O3/c1-4-5-6-7-30(35)29-17-16-28-26-14-12-23-18-24(34)13-15-25(23)31(26)27(19-32(28,29)3)22-10-8-21(9-11-22)20(2)33/h8-11,18,26-29H,6-7,12-17,19H2,1-3H3/t26-,27+,28-,29+,32-/m0/s1. The van der Waals surface area contributed by atoms with Gasteiger partial charge in [-0.15, -0.1) is 11.8 Å². The highest BCUT2D eigenvalue weighted by Gasteiger charge is 2.57. The Labute approximate surface area is 209 Å². The summed E-state index contributed by atoms with van der Waals surface area (Å²) in [7, 11) is 0. The Bertz CT molecular complexity index is 1190. The minimum Gasteiger partial charge on any atom is -0.299 e. The molecule has 0 saturated heterocycles. The monoisotopic (exact) mass is 468 g/mol. The van der Waals surface area contributed by atoms with E-state index < -0.39 is 0 Å². The van der Waals surface area contributed by atoms with Crippen LogP contribution in [-0.4, -0.2) is 17.3 Å². The lowest BCUT2D eigenvalue weighted by molar-refractivity contribution is -0.127. The first-order valence-electron chi connectivity index (χ1n) is 13.3. The fraction of sp³-hybridized carbons (Fsp3) is 0.531. The van der Waals surface area contributed by atoms with E-state index >= 15 is 0 Å². The van der Waals surface area contributed by atoms with Crippen LogP contribution in [0.25, 0.3) is 0 Å². The lowest BCUT2D eigenvalue weighted by Crippen LogP contribution is -2.45. The fourth-order valence-corrected chi connectivity index (χ4v) is 7.92. The van der Waals surface area contributed by atoms with Crippen molar-refractivity contribution >= 4 is 17.3 Å². The molecular weight excluding hydrogens is 432 g/mol. The Morgan fingerprint density at radius 2 is 1.83 bits per heavy atom. The second-order valence-electron chi connectivity index (χ2n) is 11.3. The zero-order valence-electron chi connectivity index (χ0n) is 21.3. The van der Waals surface area contributed by atoms with Crippen molar-refractivity contribution in [3.63, 3.8) is 0 Å². The summed E-state index contributed by atoms with van der Waals surface area (Å²) in [5.74, 6) is 8.05. The van der Waals surface area contributed by atoms with Gasteiger partial charge in [-0.3, -0.25) is 14.4 Å². The van der Waals surface area contributed by atoms with Crippen LogP contribution in [0.1, 0.15) is 100 Å². The minimum absolute atomic E-state index is 0.0267. The van der Waals surface area contributed by atoms with Gasteiger partial charge in [0.25, 0.3) is 0 Å². The molecule has 182 valence electrons. The molecule has 35 heavy (non-hydrogen) atoms. The van der Waals surface area contributed by atoms with Gasteiger partial charge in [0.05, 0.1) is 0 Å². The van der Waals surface area contributed by atoms with E-state index in [-0.39, 0.29) is 28.8 Å². The summed E-state index contributed by atoms with van der Waals surface area (Å²) >= 11 is 0. The number of fused-ring (bicyclic) bond motifs is 4. The highest BCUT2D eigenvalue weighted by molar-refractivity contribution is 5.94. The van der Waals surface area contributed by atoms with Gasteiger partial charge >= 0.3 is 0 Å². The smallest absolute Gasteiger partial charge is 0.159 e. The summed E-state index contributed by atoms with van der Waals surface area (Å²) in [6.45, 7) is 5.82. The molecule has 1 aromatic rings. The summed E-state index contributed by atoms with van der Waals surface area (Å²) in [6, 6.07) is 8.17. The molecule has 2 saturated carbocycles. The number of hydrogen-bond acceptors (Lipinski definition) is 3. The molecule has 5 rings (SSSR count). The van der Waals surface area contributed by atoms with Crippen LogP contribution in [0.15, 0.2) is 47.1 Å². The zero-order chi connectivity index (χ0) is 24.7. The Morgan fingerprint density at radius 1 is 1.06 bits per heavy atom. The van der Waals surface area contributed by atoms with Crippen LogP contribution < -0.4 is 0 Å². The average Bonchev–Trinajstić information content (AvgIpc) is 3.20. The van der Waals surface area contributed by atoms with E-state index in [4.69, 9.17) is 0 Å². The predicted molar refractivity (Wildman–Crippen MR) is 138 cm³/mol. The van der Waals surface area contributed by atoms with E-state index in [1.165, 1.54) is 22.3 Å². The molecular formula is C32H36O3. The maximum absolute atomic E-state index is 13.4. The van der Waals surface area contributed by atoms with Gasteiger partial charge in [-0.05, 0) is 92.4 Å². The third kappa shape index (κ3) is 4.16. The summed E-state index contributed by atoms with van der Waals surface area (Å²) in [4.78, 5) is 37.5. The SMILES string of the molecule is CC#CCCC(=O)[C@H]1CC[C@H]2[C@@H]3CCC4=CC(=O)CCC4=C3[C@@H](c3ccc(C(C)=O)cc3)C[C@]12C. The van der Waals surface area contributed by atoms with Gasteiger partial charge in [0.15, 0.2) is 11.6 Å². The van der Waals surface area contributed by atoms with Crippen molar-refractivity contribution in [3.8, 4) is 11.8 Å². The third-order valence-electron chi connectivity index (χ3n) is 9.51. The second-order valence-corrected chi connectivity index (χ2v) is 11.3. The van der Waals surface area contributed by atoms with Crippen LogP contribution in [0.3, 0.4) is 0 Å². The first-order valence-corrected chi connectivity index (χ1v) is 13.3. The molecule has 0 unspecified atom stereocenters. The molecule has 5 atom stereocenters. The highest BCUT2D eigenvalue weighted by atomic mass is 16.1. The molecule has 0 N–H and O–H groups in total. The molecule has 2 fully saturated rings. The molecule has 1 aromatic carbocycles. The topological polar surface area (TPSA) is 51.2 Å². The maximum atomic E-state index is 13.4. The van der Waals surface area contributed by atoms with Crippen molar-refractivity contribution in [2.45, 2.75) is 84.5 Å². The summed E-state index contributed by atoms with van der Waals surface area (Å²) in [5.41, 5.74) is 6.18. The summed E-state index contributed by atoms with van der Waals surface area (Å²) in [6.07, 6.45) is 9.67. The minimum atomic E-state index is -0.0267. The van der Waals surface area contributed by atoms with Crippen LogP contribution in [0.4, 0.5) is 0 Å². The van der Waals surface area contributed by atoms with E-state index in [2.05, 4.69) is 30.9 Å². The predicted octanol–water partition coefficient (Wildman–Crippen LogP) is 6.78. The maximum Gasteiger partial charge on any atom is 0.159 e. The number of carbonyl (C=O) groups excluding carboxylic acids is 3. The highest BCUT2D eigenvalue weighted by Crippen LogP contribution is 2.65. The number of allylic oxidation sites excluding steroid dienone is 4. The molecule has 0 aromatic heterocycles. The van der Waals surface area contributed by atoms with Crippen molar-refractivity contribution in [3.05, 3.63) is 58.2 Å². The van der Waals surface area contributed by atoms with Crippen molar-refractivity contribution in [2.75, 3.05) is 0 Å².